The average Bonchev–Trinajstić information content (AvgIpc) is 2.88. The Morgan fingerprint density at radius 3 is 2.57 bits per heavy atom. The van der Waals surface area contributed by atoms with Crippen molar-refractivity contribution in [1.82, 2.24) is 20.0 Å². The maximum absolute atomic E-state index is 13.7. The van der Waals surface area contributed by atoms with Gasteiger partial charge in [0.2, 0.25) is 5.91 Å². The zero-order chi connectivity index (χ0) is 26.8. The van der Waals surface area contributed by atoms with Crippen molar-refractivity contribution in [3.8, 4) is 5.75 Å². The van der Waals surface area contributed by atoms with Gasteiger partial charge < -0.3 is 25.0 Å². The summed E-state index contributed by atoms with van der Waals surface area (Å²) in [6, 6.07) is 6.82. The number of alkyl halides is 3. The molecule has 3 rings (SSSR count). The molecule has 0 bridgehead atoms. The van der Waals surface area contributed by atoms with E-state index in [0.29, 0.717) is 24.3 Å². The van der Waals surface area contributed by atoms with E-state index in [1.807, 2.05) is 11.8 Å². The van der Waals surface area contributed by atoms with Crippen LogP contribution in [-0.2, 0) is 22.3 Å². The summed E-state index contributed by atoms with van der Waals surface area (Å²) >= 11 is 0. The minimum absolute atomic E-state index is 0.0749. The Morgan fingerprint density at radius 1 is 1.24 bits per heavy atom. The smallest absolute Gasteiger partial charge is 0.423 e. The van der Waals surface area contributed by atoms with Crippen LogP contribution >= 0.6 is 0 Å². The summed E-state index contributed by atoms with van der Waals surface area (Å²) in [6.07, 6.45) is -1.70. The van der Waals surface area contributed by atoms with Crippen molar-refractivity contribution in [3.63, 3.8) is 0 Å². The summed E-state index contributed by atoms with van der Waals surface area (Å²) in [4.78, 5) is 27.0. The zero-order valence-corrected chi connectivity index (χ0v) is 21.1. The van der Waals surface area contributed by atoms with Gasteiger partial charge in [-0.2, -0.15) is 18.3 Å². The molecule has 0 unspecified atom stereocenters. The predicted molar refractivity (Wildman–Crippen MR) is 133 cm³/mol. The Kier molecular flexibility index (Phi) is 10.3. The second kappa shape index (κ2) is 13.4. The number of piperidine rings is 1. The van der Waals surface area contributed by atoms with Crippen molar-refractivity contribution in [2.45, 2.75) is 44.9 Å². The number of aromatic nitrogens is 2. The number of carbonyl (C=O) groups excluding carboxylic acids is 1. The van der Waals surface area contributed by atoms with Crippen molar-refractivity contribution in [3.05, 3.63) is 51.9 Å². The van der Waals surface area contributed by atoms with Gasteiger partial charge in [-0.15, -0.1) is 0 Å². The molecule has 0 spiro atoms. The molecule has 0 atom stereocenters. The topological polar surface area (TPSA) is 97.7 Å². The van der Waals surface area contributed by atoms with Crippen LogP contribution in [0.25, 0.3) is 0 Å². The van der Waals surface area contributed by atoms with Crippen LogP contribution in [0.3, 0.4) is 0 Å². The Balaban J connectivity index is 1.53. The molecule has 1 aliphatic heterocycles. The lowest BCUT2D eigenvalue weighted by Crippen LogP contribution is -2.47. The number of nitrogens with one attached hydrogen (secondary N) is 2. The van der Waals surface area contributed by atoms with Crippen molar-refractivity contribution in [1.29, 1.82) is 0 Å². The SMILES string of the molecule is CCN(C(=O)COCCCNc1cnn(Cc2ccc(OC)cc2)c(=O)c1C(F)(F)F)C1CCNCC1. The fourth-order valence-electron chi connectivity index (χ4n) is 4.31. The molecular weight excluding hydrogens is 491 g/mol. The molecule has 12 heteroatoms. The Morgan fingerprint density at radius 2 is 1.95 bits per heavy atom. The molecule has 1 aromatic heterocycles. The lowest BCUT2D eigenvalue weighted by atomic mass is 10.0. The first-order chi connectivity index (χ1) is 17.7. The molecule has 0 radical (unpaired) electrons. The fourth-order valence-corrected chi connectivity index (χ4v) is 4.31. The van der Waals surface area contributed by atoms with Gasteiger partial charge in [0.25, 0.3) is 5.56 Å². The van der Waals surface area contributed by atoms with Crippen LogP contribution in [0.4, 0.5) is 18.9 Å². The van der Waals surface area contributed by atoms with E-state index in [-0.39, 0.29) is 43.9 Å². The fraction of sp³-hybridized carbons (Fsp3) is 0.560. The molecule has 1 fully saturated rings. The maximum atomic E-state index is 13.7. The standard InChI is InChI=1S/C25H34F3N5O4/c1-3-32(19-9-12-29-13-10-19)22(34)17-37-14-4-11-30-21-15-31-33(24(35)23(21)25(26,27)28)16-18-5-7-20(36-2)8-6-18/h5-8,15,19,29-30H,3-4,9-14,16-17H2,1-2H3. The van der Waals surface area contributed by atoms with E-state index < -0.39 is 17.3 Å². The van der Waals surface area contributed by atoms with Gasteiger partial charge in [0.1, 0.15) is 17.9 Å². The number of hydrogen-bond acceptors (Lipinski definition) is 7. The van der Waals surface area contributed by atoms with E-state index in [4.69, 9.17) is 9.47 Å². The lowest BCUT2D eigenvalue weighted by molar-refractivity contribution is -0.139. The maximum Gasteiger partial charge on any atom is 0.423 e. The minimum atomic E-state index is -4.86. The van der Waals surface area contributed by atoms with Crippen LogP contribution in [-0.4, -0.2) is 73.1 Å². The number of rotatable bonds is 12. The molecular formula is C25H34F3N5O4. The number of anilines is 1. The lowest BCUT2D eigenvalue weighted by Gasteiger charge is -2.33. The first-order valence-corrected chi connectivity index (χ1v) is 12.4. The summed E-state index contributed by atoms with van der Waals surface area (Å²) in [5.74, 6) is 0.503. The summed E-state index contributed by atoms with van der Waals surface area (Å²) in [5, 5.41) is 9.84. The summed E-state index contributed by atoms with van der Waals surface area (Å²) in [6.45, 7) is 4.41. The number of methoxy groups -OCH3 is 1. The molecule has 204 valence electrons. The van der Waals surface area contributed by atoms with Crippen molar-refractivity contribution in [2.24, 2.45) is 0 Å². The molecule has 1 aliphatic rings. The minimum Gasteiger partial charge on any atom is -0.497 e. The monoisotopic (exact) mass is 525 g/mol. The third kappa shape index (κ3) is 7.93. The second-order valence-corrected chi connectivity index (χ2v) is 8.74. The Hall–Kier alpha value is -3.12. The third-order valence-corrected chi connectivity index (χ3v) is 6.24. The van der Waals surface area contributed by atoms with Crippen molar-refractivity contribution in [2.75, 3.05) is 51.8 Å². The molecule has 2 N–H and O–H groups in total. The van der Waals surface area contributed by atoms with Gasteiger partial charge in [-0.1, -0.05) is 12.1 Å². The highest BCUT2D eigenvalue weighted by Crippen LogP contribution is 2.31. The number of benzene rings is 1. The normalized spacial score (nSPS) is 14.4. The van der Waals surface area contributed by atoms with Gasteiger partial charge in [0.15, 0.2) is 0 Å². The van der Waals surface area contributed by atoms with E-state index in [9.17, 15) is 22.8 Å². The first-order valence-electron chi connectivity index (χ1n) is 12.4. The van der Waals surface area contributed by atoms with Crippen LogP contribution < -0.4 is 20.9 Å². The second-order valence-electron chi connectivity index (χ2n) is 8.74. The number of amides is 1. The van der Waals surface area contributed by atoms with Gasteiger partial charge in [0, 0.05) is 25.7 Å². The summed E-state index contributed by atoms with van der Waals surface area (Å²) < 4.78 is 52.5. The van der Waals surface area contributed by atoms with Gasteiger partial charge >= 0.3 is 6.18 Å². The molecule has 1 saturated heterocycles. The predicted octanol–water partition coefficient (Wildman–Crippen LogP) is 2.74. The number of halogens is 3. The van der Waals surface area contributed by atoms with Crippen LogP contribution in [0, 0.1) is 0 Å². The van der Waals surface area contributed by atoms with Gasteiger partial charge in [-0.05, 0) is 57.0 Å². The van der Waals surface area contributed by atoms with E-state index in [2.05, 4.69) is 15.7 Å². The van der Waals surface area contributed by atoms with Gasteiger partial charge in [0.05, 0.1) is 25.5 Å². The summed E-state index contributed by atoms with van der Waals surface area (Å²) in [7, 11) is 1.50. The van der Waals surface area contributed by atoms with Crippen molar-refractivity contribution < 1.29 is 27.4 Å². The highest BCUT2D eigenvalue weighted by atomic mass is 19.4. The highest BCUT2D eigenvalue weighted by Gasteiger charge is 2.38. The molecule has 2 heterocycles. The van der Waals surface area contributed by atoms with E-state index in [1.54, 1.807) is 24.3 Å². The van der Waals surface area contributed by atoms with E-state index in [0.717, 1.165) is 36.8 Å². The molecule has 0 saturated carbocycles. The van der Waals surface area contributed by atoms with Crippen LogP contribution in [0.2, 0.25) is 0 Å². The third-order valence-electron chi connectivity index (χ3n) is 6.24. The van der Waals surface area contributed by atoms with Gasteiger partial charge in [-0.3, -0.25) is 9.59 Å². The number of likely N-dealkylation sites (N-methyl/N-ethyl adjacent to an activating group) is 1. The summed E-state index contributed by atoms with van der Waals surface area (Å²) in [5.41, 5.74) is -2.30. The van der Waals surface area contributed by atoms with Crippen LogP contribution in [0.15, 0.2) is 35.3 Å². The zero-order valence-electron chi connectivity index (χ0n) is 21.1. The van der Waals surface area contributed by atoms with E-state index in [1.165, 1.54) is 7.11 Å². The average molecular weight is 526 g/mol. The quantitative estimate of drug-likeness (QED) is 0.412. The first kappa shape index (κ1) is 28.5. The molecule has 1 amide bonds. The molecule has 1 aromatic carbocycles. The molecule has 0 aliphatic carbocycles. The molecule has 2 aromatic rings. The number of ether oxygens (including phenoxy) is 2. The van der Waals surface area contributed by atoms with E-state index >= 15 is 0 Å². The number of hydrogen-bond donors (Lipinski definition) is 2. The van der Waals surface area contributed by atoms with Crippen molar-refractivity contribution >= 4 is 11.6 Å². The van der Waals surface area contributed by atoms with Crippen LogP contribution in [0.1, 0.15) is 37.3 Å². The largest absolute Gasteiger partial charge is 0.497 e. The Bertz CT molecular complexity index is 1070. The number of nitrogens with zero attached hydrogens (tertiary/aromatic N) is 3. The Labute approximate surface area is 213 Å². The number of carbonyl (C=O) groups is 1. The van der Waals surface area contributed by atoms with Crippen LogP contribution in [0.5, 0.6) is 5.75 Å². The van der Waals surface area contributed by atoms with Gasteiger partial charge in [-0.25, -0.2) is 4.68 Å². The molecule has 9 nitrogen and oxygen atoms in total. The highest BCUT2D eigenvalue weighted by molar-refractivity contribution is 5.77. The molecule has 37 heavy (non-hydrogen) atoms.